The fourth-order valence-electron chi connectivity index (χ4n) is 2.53. The molecule has 2 fully saturated rings. The zero-order valence-electron chi connectivity index (χ0n) is 11.1. The lowest BCUT2D eigenvalue weighted by atomic mass is 9.77. The van der Waals surface area contributed by atoms with Crippen molar-refractivity contribution in [2.75, 3.05) is 6.54 Å². The Labute approximate surface area is 109 Å². The molecule has 0 radical (unpaired) electrons. The van der Waals surface area contributed by atoms with E-state index >= 15 is 0 Å². The first kappa shape index (κ1) is 12.0. The minimum Gasteiger partial charge on any atom is -0.486 e. The van der Waals surface area contributed by atoms with Crippen LogP contribution < -0.4 is 10.1 Å². The monoisotopic (exact) mass is 246 g/mol. The van der Waals surface area contributed by atoms with Crippen LogP contribution in [-0.2, 0) is 0 Å². The van der Waals surface area contributed by atoms with Crippen LogP contribution in [0.1, 0.15) is 44.2 Å². The Balaban J connectivity index is 1.55. The Hall–Kier alpha value is -1.09. The second-order valence-corrected chi connectivity index (χ2v) is 5.75. The minimum absolute atomic E-state index is 0.0822. The van der Waals surface area contributed by atoms with Gasteiger partial charge in [0.25, 0.3) is 0 Å². The van der Waals surface area contributed by atoms with Gasteiger partial charge in [-0.15, -0.1) is 0 Å². The number of aryl methyl sites for hydroxylation is 1. The number of hydrogen-bond acceptors (Lipinski definition) is 3. The molecule has 18 heavy (non-hydrogen) atoms. The van der Waals surface area contributed by atoms with Crippen molar-refractivity contribution >= 4 is 0 Å². The summed E-state index contributed by atoms with van der Waals surface area (Å²) in [6.45, 7) is 3.09. The molecule has 1 aromatic heterocycles. The van der Waals surface area contributed by atoms with E-state index in [2.05, 4.69) is 10.3 Å². The van der Waals surface area contributed by atoms with E-state index in [1.807, 2.05) is 25.3 Å². The molecule has 0 unspecified atom stereocenters. The summed E-state index contributed by atoms with van der Waals surface area (Å²) in [5.41, 5.74) is 1.12. The number of hydrogen-bond donors (Lipinski definition) is 1. The summed E-state index contributed by atoms with van der Waals surface area (Å²) in [5, 5.41) is 3.58. The molecule has 0 amide bonds. The van der Waals surface area contributed by atoms with E-state index in [4.69, 9.17) is 4.74 Å². The second-order valence-electron chi connectivity index (χ2n) is 5.75. The fraction of sp³-hybridized carbons (Fsp3) is 0.667. The molecule has 1 N–H and O–H groups in total. The van der Waals surface area contributed by atoms with Gasteiger partial charge in [-0.05, 0) is 64.1 Å². The third kappa shape index (κ3) is 2.83. The number of aromatic nitrogens is 1. The van der Waals surface area contributed by atoms with Crippen LogP contribution in [0.25, 0.3) is 0 Å². The Morgan fingerprint density at radius 2 is 2.22 bits per heavy atom. The topological polar surface area (TPSA) is 34.1 Å². The Bertz CT molecular complexity index is 393. The molecule has 0 saturated heterocycles. The molecule has 2 aliphatic carbocycles. The summed E-state index contributed by atoms with van der Waals surface area (Å²) in [6, 6.07) is 4.85. The molecular formula is C15H22N2O. The zero-order valence-corrected chi connectivity index (χ0v) is 11.1. The van der Waals surface area contributed by atoms with Crippen molar-refractivity contribution in [1.82, 2.24) is 10.3 Å². The minimum atomic E-state index is 0.0822. The van der Waals surface area contributed by atoms with Gasteiger partial charge in [0, 0.05) is 11.7 Å². The highest BCUT2D eigenvalue weighted by molar-refractivity contribution is 5.21. The Kier molecular flexibility index (Phi) is 3.25. The Morgan fingerprint density at radius 3 is 2.78 bits per heavy atom. The van der Waals surface area contributed by atoms with Gasteiger partial charge in [0.15, 0.2) is 0 Å². The molecule has 3 heteroatoms. The molecule has 0 atom stereocenters. The van der Waals surface area contributed by atoms with E-state index in [1.165, 1.54) is 32.1 Å². The van der Waals surface area contributed by atoms with Crippen LogP contribution >= 0.6 is 0 Å². The predicted octanol–water partition coefficient (Wildman–Crippen LogP) is 2.83. The number of ether oxygens (including phenoxy) is 1. The van der Waals surface area contributed by atoms with Gasteiger partial charge in [-0.25, -0.2) is 0 Å². The lowest BCUT2D eigenvalue weighted by Crippen LogP contribution is -2.45. The van der Waals surface area contributed by atoms with Crippen LogP contribution in [-0.4, -0.2) is 23.2 Å². The van der Waals surface area contributed by atoms with Crippen LogP contribution in [0.15, 0.2) is 18.3 Å². The van der Waals surface area contributed by atoms with E-state index in [1.54, 1.807) is 0 Å². The van der Waals surface area contributed by atoms with E-state index in [0.29, 0.717) is 0 Å². The average molecular weight is 246 g/mol. The number of nitrogens with one attached hydrogen (secondary N) is 1. The average Bonchev–Trinajstić information content (AvgIpc) is 3.12. The molecule has 1 heterocycles. The normalized spacial score (nSPS) is 21.4. The van der Waals surface area contributed by atoms with Crippen molar-refractivity contribution in [3.05, 3.63) is 24.0 Å². The highest BCUT2D eigenvalue weighted by atomic mass is 16.5. The summed E-state index contributed by atoms with van der Waals surface area (Å²) in [7, 11) is 0. The van der Waals surface area contributed by atoms with Gasteiger partial charge in [-0.2, -0.15) is 0 Å². The molecule has 0 aliphatic heterocycles. The van der Waals surface area contributed by atoms with Gasteiger partial charge in [0.05, 0.1) is 6.20 Å². The van der Waals surface area contributed by atoms with Crippen molar-refractivity contribution < 1.29 is 4.74 Å². The summed E-state index contributed by atoms with van der Waals surface area (Å²) < 4.78 is 6.19. The third-order valence-electron chi connectivity index (χ3n) is 4.07. The van der Waals surface area contributed by atoms with Crippen LogP contribution in [0, 0.1) is 6.92 Å². The molecule has 0 spiro atoms. The predicted molar refractivity (Wildman–Crippen MR) is 71.8 cm³/mol. The largest absolute Gasteiger partial charge is 0.486 e. The summed E-state index contributed by atoms with van der Waals surface area (Å²) in [4.78, 5) is 4.30. The lowest BCUT2D eigenvalue weighted by Gasteiger charge is -2.42. The molecule has 0 aromatic carbocycles. The first-order valence-electron chi connectivity index (χ1n) is 7.11. The van der Waals surface area contributed by atoms with Gasteiger partial charge in [-0.3, -0.25) is 4.98 Å². The summed E-state index contributed by atoms with van der Waals surface area (Å²) >= 11 is 0. The third-order valence-corrected chi connectivity index (χ3v) is 4.07. The van der Waals surface area contributed by atoms with Crippen LogP contribution in [0.5, 0.6) is 5.75 Å². The van der Waals surface area contributed by atoms with Gasteiger partial charge in [0.1, 0.15) is 11.4 Å². The van der Waals surface area contributed by atoms with Crippen molar-refractivity contribution in [1.29, 1.82) is 0 Å². The zero-order chi connectivity index (χ0) is 12.4. The second kappa shape index (κ2) is 4.88. The summed E-state index contributed by atoms with van der Waals surface area (Å²) in [5.74, 6) is 0.923. The number of rotatable bonds is 6. The maximum absolute atomic E-state index is 6.19. The first-order valence-corrected chi connectivity index (χ1v) is 7.11. The van der Waals surface area contributed by atoms with Crippen LogP contribution in [0.3, 0.4) is 0 Å². The fourth-order valence-corrected chi connectivity index (χ4v) is 2.53. The molecule has 98 valence electrons. The molecule has 1 aromatic rings. The smallest absolute Gasteiger partial charge is 0.138 e. The summed E-state index contributed by atoms with van der Waals surface area (Å²) in [6.07, 6.45) is 9.36. The van der Waals surface area contributed by atoms with E-state index in [-0.39, 0.29) is 5.60 Å². The Morgan fingerprint density at radius 1 is 1.39 bits per heavy atom. The SMILES string of the molecule is Cc1ccc(OC2(CCNC3CC3)CCC2)cn1. The maximum Gasteiger partial charge on any atom is 0.138 e. The van der Waals surface area contributed by atoms with Crippen molar-refractivity contribution in [2.24, 2.45) is 0 Å². The van der Waals surface area contributed by atoms with Gasteiger partial charge < -0.3 is 10.1 Å². The number of nitrogens with zero attached hydrogens (tertiary/aromatic N) is 1. The molecular weight excluding hydrogens is 224 g/mol. The quantitative estimate of drug-likeness (QED) is 0.838. The van der Waals surface area contributed by atoms with Crippen molar-refractivity contribution in [3.8, 4) is 5.75 Å². The molecule has 3 rings (SSSR count). The molecule has 3 nitrogen and oxygen atoms in total. The highest BCUT2D eigenvalue weighted by Gasteiger charge is 2.39. The maximum atomic E-state index is 6.19. The van der Waals surface area contributed by atoms with Crippen LogP contribution in [0.2, 0.25) is 0 Å². The van der Waals surface area contributed by atoms with Gasteiger partial charge in [0.2, 0.25) is 0 Å². The van der Waals surface area contributed by atoms with Crippen LogP contribution in [0.4, 0.5) is 0 Å². The van der Waals surface area contributed by atoms with Crippen molar-refractivity contribution in [2.45, 2.75) is 57.1 Å². The van der Waals surface area contributed by atoms with Crippen molar-refractivity contribution in [3.63, 3.8) is 0 Å². The van der Waals surface area contributed by atoms with Gasteiger partial charge >= 0.3 is 0 Å². The lowest BCUT2D eigenvalue weighted by molar-refractivity contribution is -0.0145. The standard InChI is InChI=1S/C15H22N2O/c1-12-3-6-14(11-17-12)18-15(7-2-8-15)9-10-16-13-4-5-13/h3,6,11,13,16H,2,4-5,7-10H2,1H3. The van der Waals surface area contributed by atoms with E-state index in [9.17, 15) is 0 Å². The highest BCUT2D eigenvalue weighted by Crippen LogP contribution is 2.39. The number of pyridine rings is 1. The molecule has 0 bridgehead atoms. The van der Waals surface area contributed by atoms with E-state index in [0.717, 1.165) is 30.5 Å². The van der Waals surface area contributed by atoms with E-state index < -0.39 is 0 Å². The molecule has 2 saturated carbocycles. The first-order chi connectivity index (χ1) is 8.76. The van der Waals surface area contributed by atoms with Gasteiger partial charge in [-0.1, -0.05) is 0 Å². The molecule has 2 aliphatic rings.